The summed E-state index contributed by atoms with van der Waals surface area (Å²) >= 11 is 1.48. The first-order valence-corrected chi connectivity index (χ1v) is 8.47. The van der Waals surface area contributed by atoms with E-state index in [1.807, 2.05) is 13.0 Å². The van der Waals surface area contributed by atoms with Crippen molar-refractivity contribution in [3.8, 4) is 0 Å². The smallest absolute Gasteiger partial charge is 0.277 e. The molecule has 0 aliphatic heterocycles. The van der Waals surface area contributed by atoms with Gasteiger partial charge in [-0.05, 0) is 37.5 Å². The lowest BCUT2D eigenvalue weighted by Crippen LogP contribution is -2.13. The summed E-state index contributed by atoms with van der Waals surface area (Å²) in [5.41, 5.74) is 3.28. The molecular formula is C17H18N4OS. The number of rotatable bonds is 5. The second kappa shape index (κ2) is 6.83. The Labute approximate surface area is 138 Å². The van der Waals surface area contributed by atoms with Gasteiger partial charge in [0.15, 0.2) is 5.13 Å². The molecule has 0 aliphatic rings. The van der Waals surface area contributed by atoms with Crippen molar-refractivity contribution in [2.75, 3.05) is 5.32 Å². The molecule has 3 aromatic rings. The lowest BCUT2D eigenvalue weighted by molar-refractivity contribution is 0.102. The van der Waals surface area contributed by atoms with E-state index in [0.717, 1.165) is 22.3 Å². The van der Waals surface area contributed by atoms with E-state index in [9.17, 15) is 4.79 Å². The van der Waals surface area contributed by atoms with Gasteiger partial charge in [-0.25, -0.2) is 9.97 Å². The molecule has 3 rings (SSSR count). The largest absolute Gasteiger partial charge is 0.296 e. The number of nitrogens with one attached hydrogen (secondary N) is 1. The number of aromatic nitrogens is 3. The van der Waals surface area contributed by atoms with Crippen molar-refractivity contribution in [3.05, 3.63) is 47.5 Å². The number of nitrogens with zero attached hydrogens (tertiary/aromatic N) is 3. The standard InChI is InChI=1S/C17H18N4OS/c1-3-4-5-12-6-7-13-15(8-12)23-17(20-13)21-16(22)14-10-18-11(2)9-19-14/h6-10H,3-5H2,1-2H3,(H,20,21,22). The Balaban J connectivity index is 1.77. The molecule has 5 nitrogen and oxygen atoms in total. The zero-order valence-corrected chi connectivity index (χ0v) is 14.0. The lowest BCUT2D eigenvalue weighted by Gasteiger charge is -2.00. The summed E-state index contributed by atoms with van der Waals surface area (Å²) in [7, 11) is 0. The van der Waals surface area contributed by atoms with E-state index in [0.29, 0.717) is 10.8 Å². The molecule has 0 unspecified atom stereocenters. The average Bonchev–Trinajstić information content (AvgIpc) is 2.94. The molecule has 0 atom stereocenters. The molecule has 0 saturated carbocycles. The fourth-order valence-corrected chi connectivity index (χ4v) is 3.15. The molecule has 1 aromatic carbocycles. The number of hydrogen-bond acceptors (Lipinski definition) is 5. The minimum atomic E-state index is -0.289. The highest BCUT2D eigenvalue weighted by atomic mass is 32.1. The van der Waals surface area contributed by atoms with Crippen LogP contribution in [0.1, 0.15) is 41.5 Å². The first-order valence-electron chi connectivity index (χ1n) is 7.65. The Morgan fingerprint density at radius 2 is 2.13 bits per heavy atom. The van der Waals surface area contributed by atoms with Crippen LogP contribution < -0.4 is 5.32 Å². The number of hydrogen-bond donors (Lipinski definition) is 1. The number of thiazole rings is 1. The highest BCUT2D eigenvalue weighted by molar-refractivity contribution is 7.22. The van der Waals surface area contributed by atoms with Crippen LogP contribution in [0.15, 0.2) is 30.6 Å². The molecule has 1 amide bonds. The van der Waals surface area contributed by atoms with Crippen molar-refractivity contribution < 1.29 is 4.79 Å². The topological polar surface area (TPSA) is 67.8 Å². The summed E-state index contributed by atoms with van der Waals surface area (Å²) in [5, 5.41) is 3.38. The van der Waals surface area contributed by atoms with E-state index in [2.05, 4.69) is 39.3 Å². The van der Waals surface area contributed by atoms with Crippen LogP contribution in [0.3, 0.4) is 0 Å². The van der Waals surface area contributed by atoms with Gasteiger partial charge in [0.25, 0.3) is 5.91 Å². The number of benzene rings is 1. The first-order chi connectivity index (χ1) is 11.2. The predicted octanol–water partition coefficient (Wildman–Crippen LogP) is 3.99. The summed E-state index contributed by atoms with van der Waals surface area (Å²) in [6.07, 6.45) is 6.48. The molecule has 0 spiro atoms. The van der Waals surface area contributed by atoms with Crippen molar-refractivity contribution in [1.29, 1.82) is 0 Å². The maximum atomic E-state index is 12.2. The van der Waals surface area contributed by atoms with E-state index < -0.39 is 0 Å². The van der Waals surface area contributed by atoms with Gasteiger partial charge in [-0.3, -0.25) is 15.1 Å². The third-order valence-electron chi connectivity index (χ3n) is 3.51. The lowest BCUT2D eigenvalue weighted by atomic mass is 10.1. The fraction of sp³-hybridized carbons (Fsp3) is 0.294. The van der Waals surface area contributed by atoms with E-state index in [4.69, 9.17) is 0 Å². The number of carbonyl (C=O) groups is 1. The van der Waals surface area contributed by atoms with Gasteiger partial charge < -0.3 is 0 Å². The number of amides is 1. The monoisotopic (exact) mass is 326 g/mol. The van der Waals surface area contributed by atoms with Crippen molar-refractivity contribution in [1.82, 2.24) is 15.0 Å². The van der Waals surface area contributed by atoms with Gasteiger partial charge in [0.2, 0.25) is 0 Å². The SMILES string of the molecule is CCCCc1ccc2nc(NC(=O)c3cnc(C)cn3)sc2c1. The molecule has 2 heterocycles. The number of unbranched alkanes of at least 4 members (excludes halogenated alkanes) is 1. The van der Waals surface area contributed by atoms with Gasteiger partial charge in [-0.2, -0.15) is 0 Å². The molecule has 118 valence electrons. The molecule has 23 heavy (non-hydrogen) atoms. The van der Waals surface area contributed by atoms with Crippen molar-refractivity contribution in [2.45, 2.75) is 33.1 Å². The van der Waals surface area contributed by atoms with E-state index in [-0.39, 0.29) is 5.91 Å². The van der Waals surface area contributed by atoms with Crippen LogP contribution in [0.25, 0.3) is 10.2 Å². The van der Waals surface area contributed by atoms with Crippen LogP contribution in [0.5, 0.6) is 0 Å². The van der Waals surface area contributed by atoms with Gasteiger partial charge in [0.05, 0.1) is 22.1 Å². The predicted molar refractivity (Wildman–Crippen MR) is 93.0 cm³/mol. The van der Waals surface area contributed by atoms with Gasteiger partial charge in [-0.1, -0.05) is 30.7 Å². The van der Waals surface area contributed by atoms with Crippen LogP contribution in [-0.2, 0) is 6.42 Å². The summed E-state index contributed by atoms with van der Waals surface area (Å²) in [4.78, 5) is 24.8. The Hall–Kier alpha value is -2.34. The molecule has 6 heteroatoms. The third kappa shape index (κ3) is 3.71. The zero-order valence-electron chi connectivity index (χ0n) is 13.2. The highest BCUT2D eigenvalue weighted by Gasteiger charge is 2.11. The zero-order chi connectivity index (χ0) is 16.2. The van der Waals surface area contributed by atoms with Gasteiger partial charge in [-0.15, -0.1) is 0 Å². The Morgan fingerprint density at radius 3 is 2.87 bits per heavy atom. The molecule has 0 bridgehead atoms. The second-order valence-electron chi connectivity index (χ2n) is 5.42. The summed E-state index contributed by atoms with van der Waals surface area (Å²) in [5.74, 6) is -0.289. The van der Waals surface area contributed by atoms with Crippen LogP contribution >= 0.6 is 11.3 Å². The van der Waals surface area contributed by atoms with Gasteiger partial charge >= 0.3 is 0 Å². The second-order valence-corrected chi connectivity index (χ2v) is 6.45. The van der Waals surface area contributed by atoms with Crippen LogP contribution in [0.2, 0.25) is 0 Å². The third-order valence-corrected chi connectivity index (χ3v) is 4.44. The number of carbonyl (C=O) groups excluding carboxylic acids is 1. The Bertz CT molecular complexity index is 826. The molecular weight excluding hydrogens is 308 g/mol. The minimum Gasteiger partial charge on any atom is -0.296 e. The molecule has 0 radical (unpaired) electrons. The summed E-state index contributed by atoms with van der Waals surface area (Å²) < 4.78 is 1.09. The quantitative estimate of drug-likeness (QED) is 0.770. The summed E-state index contributed by atoms with van der Waals surface area (Å²) in [6.45, 7) is 4.02. The Kier molecular flexibility index (Phi) is 4.62. The molecule has 0 saturated heterocycles. The maximum absolute atomic E-state index is 12.2. The molecule has 0 aliphatic carbocycles. The van der Waals surface area contributed by atoms with E-state index in [1.165, 1.54) is 35.9 Å². The highest BCUT2D eigenvalue weighted by Crippen LogP contribution is 2.27. The summed E-state index contributed by atoms with van der Waals surface area (Å²) in [6, 6.07) is 6.27. The maximum Gasteiger partial charge on any atom is 0.277 e. The Morgan fingerprint density at radius 1 is 1.26 bits per heavy atom. The van der Waals surface area contributed by atoms with E-state index >= 15 is 0 Å². The van der Waals surface area contributed by atoms with E-state index in [1.54, 1.807) is 6.20 Å². The van der Waals surface area contributed by atoms with Crippen LogP contribution in [0.4, 0.5) is 5.13 Å². The normalized spacial score (nSPS) is 10.9. The van der Waals surface area contributed by atoms with Crippen molar-refractivity contribution in [3.63, 3.8) is 0 Å². The number of fused-ring (bicyclic) bond motifs is 1. The first kappa shape index (κ1) is 15.6. The average molecular weight is 326 g/mol. The van der Waals surface area contributed by atoms with Crippen molar-refractivity contribution >= 4 is 32.6 Å². The molecule has 2 aromatic heterocycles. The number of aryl methyl sites for hydroxylation is 2. The van der Waals surface area contributed by atoms with Gasteiger partial charge in [0.1, 0.15) is 5.69 Å². The van der Waals surface area contributed by atoms with Crippen molar-refractivity contribution in [2.24, 2.45) is 0 Å². The molecule has 0 fully saturated rings. The van der Waals surface area contributed by atoms with Crippen LogP contribution in [-0.4, -0.2) is 20.9 Å². The van der Waals surface area contributed by atoms with Gasteiger partial charge in [0, 0.05) is 6.20 Å². The fourth-order valence-electron chi connectivity index (χ4n) is 2.23. The minimum absolute atomic E-state index is 0.289. The number of anilines is 1. The molecule has 1 N–H and O–H groups in total. The van der Waals surface area contributed by atoms with Crippen LogP contribution in [0, 0.1) is 6.92 Å².